The van der Waals surface area contributed by atoms with Crippen LogP contribution in [-0.4, -0.2) is 24.0 Å². The van der Waals surface area contributed by atoms with Crippen LogP contribution in [0.3, 0.4) is 0 Å². The molecular formula is C36H45N3O3. The zero-order valence-corrected chi connectivity index (χ0v) is 25.3. The van der Waals surface area contributed by atoms with Gasteiger partial charge >= 0.3 is 0 Å². The molecule has 2 aromatic carbocycles. The van der Waals surface area contributed by atoms with E-state index in [1.54, 1.807) is 6.07 Å². The maximum atomic E-state index is 13.0. The van der Waals surface area contributed by atoms with Crippen LogP contribution in [0.5, 0.6) is 0 Å². The molecule has 1 amide bonds. The Kier molecular flexibility index (Phi) is 10.3. The Morgan fingerprint density at radius 2 is 1.64 bits per heavy atom. The highest BCUT2D eigenvalue weighted by atomic mass is 16.3. The highest BCUT2D eigenvalue weighted by molar-refractivity contribution is 6.05. The number of benzene rings is 3. The van der Waals surface area contributed by atoms with E-state index in [9.17, 15) is 9.59 Å². The van der Waals surface area contributed by atoms with Crippen molar-refractivity contribution in [1.29, 1.82) is 0 Å². The molecule has 0 unspecified atom stereocenters. The van der Waals surface area contributed by atoms with Gasteiger partial charge in [-0.25, -0.2) is 4.98 Å². The van der Waals surface area contributed by atoms with Crippen molar-refractivity contribution in [3.05, 3.63) is 75.4 Å². The molecule has 6 nitrogen and oxygen atoms in total. The summed E-state index contributed by atoms with van der Waals surface area (Å²) in [5.74, 6) is -0.0399. The SMILES string of the molecule is CCCCCCCCCCN1CCCc2cc3nc4cc(C(=O)Nc5ccc(CCCC)cc5)c(=O)cc-4oc3cc21. The molecule has 0 radical (unpaired) electrons. The standard InChI is InChI=1S/C36H45N3O3/c1-3-5-7-8-9-10-11-12-20-39-21-13-15-27-22-30-34(24-32(27)39)42-35-25-33(40)29(23-31(35)38-30)36(41)37-28-18-16-26(17-19-28)14-6-4-2/h16-19,22-25H,3-15,20-21H2,1-2H3,(H,37,41). The second-order valence-corrected chi connectivity index (χ2v) is 11.8. The molecule has 0 fully saturated rings. The monoisotopic (exact) mass is 567 g/mol. The largest absolute Gasteiger partial charge is 0.453 e. The maximum absolute atomic E-state index is 13.0. The molecule has 0 spiro atoms. The van der Waals surface area contributed by atoms with Gasteiger partial charge in [0.05, 0.1) is 5.56 Å². The van der Waals surface area contributed by atoms with Crippen LogP contribution in [0.2, 0.25) is 0 Å². The number of fused-ring (bicyclic) bond motifs is 3. The Bertz CT molecular complexity index is 1510. The molecule has 6 heteroatoms. The minimum absolute atomic E-state index is 0.0640. The molecule has 1 N–H and O–H groups in total. The Hall–Kier alpha value is -3.67. The van der Waals surface area contributed by atoms with Gasteiger partial charge in [0, 0.05) is 36.6 Å². The molecule has 3 aliphatic rings. The number of carbonyl (C=O) groups excluding carboxylic acids is 1. The Balaban J connectivity index is 1.29. The first-order chi connectivity index (χ1) is 20.6. The number of nitrogens with one attached hydrogen (secondary N) is 1. The fraction of sp³-hybridized carbons (Fsp3) is 0.472. The molecule has 0 saturated carbocycles. The average molecular weight is 568 g/mol. The van der Waals surface area contributed by atoms with Gasteiger partial charge in [0.2, 0.25) is 0 Å². The zero-order chi connectivity index (χ0) is 29.3. The van der Waals surface area contributed by atoms with Crippen LogP contribution in [0.15, 0.2) is 57.7 Å². The van der Waals surface area contributed by atoms with E-state index in [0.29, 0.717) is 22.7 Å². The van der Waals surface area contributed by atoms with Crippen LogP contribution in [0.4, 0.5) is 11.4 Å². The van der Waals surface area contributed by atoms with Gasteiger partial charge in [-0.05, 0) is 67.5 Å². The predicted molar refractivity (Wildman–Crippen MR) is 173 cm³/mol. The van der Waals surface area contributed by atoms with E-state index in [1.165, 1.54) is 74.2 Å². The third kappa shape index (κ3) is 7.39. The Morgan fingerprint density at radius 1 is 0.905 bits per heavy atom. The molecule has 0 bridgehead atoms. The molecule has 1 aliphatic carbocycles. The lowest BCUT2D eigenvalue weighted by Gasteiger charge is -2.31. The third-order valence-electron chi connectivity index (χ3n) is 8.45. The van der Waals surface area contributed by atoms with Crippen LogP contribution >= 0.6 is 0 Å². The highest BCUT2D eigenvalue weighted by Crippen LogP contribution is 2.34. The predicted octanol–water partition coefficient (Wildman–Crippen LogP) is 8.78. The number of rotatable bonds is 14. The molecule has 2 heterocycles. The normalized spacial score (nSPS) is 13.0. The number of carbonyl (C=O) groups is 1. The first-order valence-corrected chi connectivity index (χ1v) is 16.1. The smallest absolute Gasteiger partial charge is 0.259 e. The summed E-state index contributed by atoms with van der Waals surface area (Å²) in [5, 5.41) is 2.86. The molecule has 0 saturated heterocycles. The van der Waals surface area contributed by atoms with Gasteiger partial charge < -0.3 is 14.6 Å². The minimum Gasteiger partial charge on any atom is -0.453 e. The van der Waals surface area contributed by atoms with E-state index in [-0.39, 0.29) is 11.0 Å². The molecule has 222 valence electrons. The molecule has 5 rings (SSSR count). The van der Waals surface area contributed by atoms with Crippen molar-refractivity contribution in [2.24, 2.45) is 0 Å². The number of nitrogens with zero attached hydrogens (tertiary/aromatic N) is 2. The van der Waals surface area contributed by atoms with Crippen molar-refractivity contribution in [1.82, 2.24) is 4.98 Å². The van der Waals surface area contributed by atoms with Crippen molar-refractivity contribution >= 4 is 28.4 Å². The van der Waals surface area contributed by atoms with Gasteiger partial charge in [-0.15, -0.1) is 0 Å². The number of unbranched alkanes of at least 4 members (excludes halogenated alkanes) is 8. The van der Waals surface area contributed by atoms with Gasteiger partial charge in [-0.2, -0.15) is 0 Å². The van der Waals surface area contributed by atoms with Gasteiger partial charge in [-0.1, -0.05) is 77.3 Å². The number of amides is 1. The zero-order valence-electron chi connectivity index (χ0n) is 25.3. The topological polar surface area (TPSA) is 75.4 Å². The first-order valence-electron chi connectivity index (χ1n) is 16.1. The lowest BCUT2D eigenvalue weighted by Crippen LogP contribution is -2.30. The van der Waals surface area contributed by atoms with Crippen molar-refractivity contribution in [2.45, 2.75) is 97.3 Å². The lowest BCUT2D eigenvalue weighted by molar-refractivity contribution is 0.102. The number of aryl methyl sites for hydroxylation is 2. The summed E-state index contributed by atoms with van der Waals surface area (Å²) in [6.07, 6.45) is 16.0. The molecule has 2 aliphatic heterocycles. The molecule has 0 atom stereocenters. The van der Waals surface area contributed by atoms with Crippen molar-refractivity contribution in [2.75, 3.05) is 23.3 Å². The van der Waals surface area contributed by atoms with Crippen molar-refractivity contribution < 1.29 is 9.21 Å². The van der Waals surface area contributed by atoms with Gasteiger partial charge in [0.25, 0.3) is 5.91 Å². The highest BCUT2D eigenvalue weighted by Gasteiger charge is 2.22. The molecule has 0 aromatic heterocycles. The van der Waals surface area contributed by atoms with Crippen molar-refractivity contribution in [3.8, 4) is 11.5 Å². The first kappa shape index (κ1) is 29.8. The number of aromatic nitrogens is 1. The molecule has 42 heavy (non-hydrogen) atoms. The summed E-state index contributed by atoms with van der Waals surface area (Å²) in [6.45, 7) is 6.54. The second kappa shape index (κ2) is 14.5. The maximum Gasteiger partial charge on any atom is 0.259 e. The Labute approximate surface area is 249 Å². The summed E-state index contributed by atoms with van der Waals surface area (Å²) in [5.41, 5.74) is 6.03. The summed E-state index contributed by atoms with van der Waals surface area (Å²) < 4.78 is 6.21. The summed E-state index contributed by atoms with van der Waals surface area (Å²) in [4.78, 5) is 33.3. The van der Waals surface area contributed by atoms with Crippen LogP contribution in [0, 0.1) is 0 Å². The Morgan fingerprint density at radius 3 is 2.40 bits per heavy atom. The third-order valence-corrected chi connectivity index (χ3v) is 8.45. The van der Waals surface area contributed by atoms with E-state index in [4.69, 9.17) is 9.40 Å². The van der Waals surface area contributed by atoms with E-state index in [2.05, 4.69) is 36.2 Å². The molecular weight excluding hydrogens is 522 g/mol. The number of anilines is 2. The van der Waals surface area contributed by atoms with Gasteiger partial charge in [0.15, 0.2) is 16.8 Å². The summed E-state index contributed by atoms with van der Waals surface area (Å²) in [6, 6.07) is 15.0. The van der Waals surface area contributed by atoms with E-state index < -0.39 is 5.91 Å². The van der Waals surface area contributed by atoms with Crippen LogP contribution in [-0.2, 0) is 12.8 Å². The van der Waals surface area contributed by atoms with Gasteiger partial charge in [0.1, 0.15) is 11.2 Å². The fourth-order valence-corrected chi connectivity index (χ4v) is 5.99. The fourth-order valence-electron chi connectivity index (χ4n) is 5.99. The second-order valence-electron chi connectivity index (χ2n) is 11.8. The summed E-state index contributed by atoms with van der Waals surface area (Å²) in [7, 11) is 0. The number of hydrogen-bond acceptors (Lipinski definition) is 5. The quantitative estimate of drug-likeness (QED) is 0.122. The molecule has 2 aromatic rings. The van der Waals surface area contributed by atoms with Crippen LogP contribution < -0.4 is 15.6 Å². The van der Waals surface area contributed by atoms with Crippen LogP contribution in [0.1, 0.15) is 106 Å². The summed E-state index contributed by atoms with van der Waals surface area (Å²) >= 11 is 0. The number of hydrogen-bond donors (Lipinski definition) is 1. The lowest BCUT2D eigenvalue weighted by atomic mass is 10.00. The average Bonchev–Trinajstić information content (AvgIpc) is 3.00. The van der Waals surface area contributed by atoms with Crippen molar-refractivity contribution in [3.63, 3.8) is 0 Å². The van der Waals surface area contributed by atoms with E-state index in [0.717, 1.165) is 50.7 Å². The minimum atomic E-state index is -0.438. The van der Waals surface area contributed by atoms with Gasteiger partial charge in [-0.3, -0.25) is 9.59 Å². The van der Waals surface area contributed by atoms with E-state index >= 15 is 0 Å². The van der Waals surface area contributed by atoms with E-state index in [1.807, 2.05) is 24.3 Å². The van der Waals surface area contributed by atoms with Crippen LogP contribution in [0.25, 0.3) is 22.6 Å².